The number of anilines is 1. The number of likely N-dealkylation sites (N-methyl/N-ethyl adjacent to an activating group) is 1. The van der Waals surface area contributed by atoms with E-state index >= 15 is 0 Å². The Morgan fingerprint density at radius 1 is 1.28 bits per heavy atom. The Morgan fingerprint density at radius 3 is 2.68 bits per heavy atom. The van der Waals surface area contributed by atoms with Crippen LogP contribution in [0, 0.1) is 6.92 Å². The number of amides is 2. The van der Waals surface area contributed by atoms with E-state index < -0.39 is 0 Å². The summed E-state index contributed by atoms with van der Waals surface area (Å²) in [5.41, 5.74) is 2.00. The van der Waals surface area contributed by atoms with Gasteiger partial charge in [0.05, 0.1) is 17.1 Å². The van der Waals surface area contributed by atoms with E-state index in [9.17, 15) is 9.59 Å². The molecule has 2 rings (SSSR count). The van der Waals surface area contributed by atoms with E-state index in [2.05, 4.69) is 12.2 Å². The van der Waals surface area contributed by atoms with Gasteiger partial charge in [0, 0.05) is 16.8 Å². The van der Waals surface area contributed by atoms with Crippen molar-refractivity contribution in [3.63, 3.8) is 0 Å². The van der Waals surface area contributed by atoms with Crippen LogP contribution < -0.4 is 5.32 Å². The van der Waals surface area contributed by atoms with Crippen molar-refractivity contribution in [2.45, 2.75) is 31.6 Å². The van der Waals surface area contributed by atoms with Crippen molar-refractivity contribution in [3.8, 4) is 0 Å². The average molecular weight is 377 g/mol. The minimum atomic E-state index is -0.195. The molecule has 25 heavy (non-hydrogen) atoms. The fraction of sp³-hybridized carbons (Fsp3) is 0.368. The van der Waals surface area contributed by atoms with Crippen LogP contribution in [0.1, 0.15) is 33.5 Å². The molecule has 0 saturated carbocycles. The Balaban J connectivity index is 2.00. The van der Waals surface area contributed by atoms with Gasteiger partial charge in [0.25, 0.3) is 5.91 Å². The molecule has 0 spiro atoms. The molecule has 0 aliphatic carbocycles. The van der Waals surface area contributed by atoms with Gasteiger partial charge in [-0.3, -0.25) is 9.59 Å². The SMILES string of the molecule is CCCc1cc(C(=O)N(C)CC(=O)Nc2ccccc2SC)sc1C. The first-order chi connectivity index (χ1) is 12.0. The van der Waals surface area contributed by atoms with Gasteiger partial charge in [-0.15, -0.1) is 23.1 Å². The van der Waals surface area contributed by atoms with Crippen molar-refractivity contribution in [1.82, 2.24) is 4.90 Å². The molecule has 2 amide bonds. The van der Waals surface area contributed by atoms with Gasteiger partial charge in [-0.1, -0.05) is 25.5 Å². The summed E-state index contributed by atoms with van der Waals surface area (Å²) in [6.07, 6.45) is 4.00. The number of nitrogens with zero attached hydrogens (tertiary/aromatic N) is 1. The first-order valence-corrected chi connectivity index (χ1v) is 10.3. The fourth-order valence-electron chi connectivity index (χ4n) is 2.56. The van der Waals surface area contributed by atoms with Crippen molar-refractivity contribution in [2.75, 3.05) is 25.2 Å². The maximum atomic E-state index is 12.6. The van der Waals surface area contributed by atoms with Gasteiger partial charge in [-0.25, -0.2) is 0 Å². The molecular formula is C19H24N2O2S2. The lowest BCUT2D eigenvalue weighted by Crippen LogP contribution is -2.34. The zero-order valence-corrected chi connectivity index (χ0v) is 16.7. The second-order valence-corrected chi connectivity index (χ2v) is 7.96. The smallest absolute Gasteiger partial charge is 0.264 e. The van der Waals surface area contributed by atoms with Gasteiger partial charge in [0.2, 0.25) is 5.91 Å². The average Bonchev–Trinajstić information content (AvgIpc) is 2.95. The summed E-state index contributed by atoms with van der Waals surface area (Å²) >= 11 is 3.08. The Morgan fingerprint density at radius 2 is 2.00 bits per heavy atom. The van der Waals surface area contributed by atoms with E-state index in [1.165, 1.54) is 26.7 Å². The quantitative estimate of drug-likeness (QED) is 0.727. The zero-order valence-electron chi connectivity index (χ0n) is 15.1. The highest BCUT2D eigenvalue weighted by molar-refractivity contribution is 7.98. The Labute approximate surface area is 157 Å². The summed E-state index contributed by atoms with van der Waals surface area (Å²) in [5.74, 6) is -0.303. The molecule has 1 N–H and O–H groups in total. The topological polar surface area (TPSA) is 49.4 Å². The molecule has 1 aromatic heterocycles. The molecule has 2 aromatic rings. The Hall–Kier alpha value is -1.79. The molecule has 0 aliphatic heterocycles. The maximum Gasteiger partial charge on any atom is 0.264 e. The van der Waals surface area contributed by atoms with E-state index in [1.807, 2.05) is 43.5 Å². The number of thioether (sulfide) groups is 1. The lowest BCUT2D eigenvalue weighted by atomic mass is 10.1. The second kappa shape index (κ2) is 9.06. The molecule has 0 radical (unpaired) electrons. The summed E-state index contributed by atoms with van der Waals surface area (Å²) in [4.78, 5) is 29.2. The normalized spacial score (nSPS) is 10.6. The number of hydrogen-bond donors (Lipinski definition) is 1. The first kappa shape index (κ1) is 19.5. The largest absolute Gasteiger partial charge is 0.332 e. The third-order valence-electron chi connectivity index (χ3n) is 3.86. The van der Waals surface area contributed by atoms with Crippen LogP contribution in [0.4, 0.5) is 5.69 Å². The highest BCUT2D eigenvalue weighted by Crippen LogP contribution is 2.25. The fourth-order valence-corrected chi connectivity index (χ4v) is 4.18. The molecule has 134 valence electrons. The molecule has 6 heteroatoms. The van der Waals surface area contributed by atoms with Gasteiger partial charge in [-0.05, 0) is 43.4 Å². The van der Waals surface area contributed by atoms with Crippen LogP contribution in [0.2, 0.25) is 0 Å². The number of nitrogens with one attached hydrogen (secondary N) is 1. The summed E-state index contributed by atoms with van der Waals surface area (Å²) < 4.78 is 0. The van der Waals surface area contributed by atoms with Crippen molar-refractivity contribution in [1.29, 1.82) is 0 Å². The Kier molecular flexibility index (Phi) is 7.08. The molecule has 0 bridgehead atoms. The standard InChI is InChI=1S/C19H24N2O2S2/c1-5-8-14-11-17(25-13(14)2)19(23)21(3)12-18(22)20-15-9-6-7-10-16(15)24-4/h6-7,9-11H,5,8,12H2,1-4H3,(H,20,22). The molecule has 1 heterocycles. The van der Waals surface area contributed by atoms with Crippen LogP contribution in [0.15, 0.2) is 35.2 Å². The monoisotopic (exact) mass is 376 g/mol. The van der Waals surface area contributed by atoms with Crippen LogP contribution in [0.25, 0.3) is 0 Å². The van der Waals surface area contributed by atoms with Gasteiger partial charge in [0.15, 0.2) is 0 Å². The number of carbonyl (C=O) groups excluding carboxylic acids is 2. The highest BCUT2D eigenvalue weighted by Gasteiger charge is 2.18. The summed E-state index contributed by atoms with van der Waals surface area (Å²) in [6, 6.07) is 9.60. The van der Waals surface area contributed by atoms with Gasteiger partial charge in [-0.2, -0.15) is 0 Å². The summed E-state index contributed by atoms with van der Waals surface area (Å²) in [6.45, 7) is 4.20. The van der Waals surface area contributed by atoms with Gasteiger partial charge >= 0.3 is 0 Å². The molecule has 0 aliphatic rings. The van der Waals surface area contributed by atoms with Crippen molar-refractivity contribution in [3.05, 3.63) is 45.6 Å². The lowest BCUT2D eigenvalue weighted by Gasteiger charge is -2.16. The molecule has 0 atom stereocenters. The maximum absolute atomic E-state index is 12.6. The lowest BCUT2D eigenvalue weighted by molar-refractivity contribution is -0.116. The molecule has 0 saturated heterocycles. The first-order valence-electron chi connectivity index (χ1n) is 8.23. The Bertz CT molecular complexity index is 756. The van der Waals surface area contributed by atoms with Crippen molar-refractivity contribution in [2.24, 2.45) is 0 Å². The summed E-state index contributed by atoms with van der Waals surface area (Å²) in [5, 5.41) is 2.89. The van der Waals surface area contributed by atoms with E-state index in [0.717, 1.165) is 23.4 Å². The van der Waals surface area contributed by atoms with Gasteiger partial charge in [0.1, 0.15) is 0 Å². The summed E-state index contributed by atoms with van der Waals surface area (Å²) in [7, 11) is 1.66. The number of hydrogen-bond acceptors (Lipinski definition) is 4. The molecule has 4 nitrogen and oxygen atoms in total. The third kappa shape index (κ3) is 5.09. The predicted octanol–water partition coefficient (Wildman–Crippen LogP) is 4.44. The van der Waals surface area contributed by atoms with Gasteiger partial charge < -0.3 is 10.2 Å². The van der Waals surface area contributed by atoms with Crippen LogP contribution >= 0.6 is 23.1 Å². The molecular weight excluding hydrogens is 352 g/mol. The number of aryl methyl sites for hydroxylation is 2. The van der Waals surface area contributed by atoms with E-state index in [-0.39, 0.29) is 18.4 Å². The van der Waals surface area contributed by atoms with Crippen molar-refractivity contribution < 1.29 is 9.59 Å². The highest BCUT2D eigenvalue weighted by atomic mass is 32.2. The van der Waals surface area contributed by atoms with Crippen LogP contribution in [-0.2, 0) is 11.2 Å². The number of rotatable bonds is 7. The van der Waals surface area contributed by atoms with Crippen LogP contribution in [0.5, 0.6) is 0 Å². The predicted molar refractivity (Wildman–Crippen MR) is 107 cm³/mol. The van der Waals surface area contributed by atoms with Crippen LogP contribution in [-0.4, -0.2) is 36.6 Å². The number of thiophene rings is 1. The zero-order chi connectivity index (χ0) is 18.4. The number of para-hydroxylation sites is 1. The minimum Gasteiger partial charge on any atom is -0.332 e. The number of benzene rings is 1. The third-order valence-corrected chi connectivity index (χ3v) is 5.74. The van der Waals surface area contributed by atoms with E-state index in [0.29, 0.717) is 4.88 Å². The number of carbonyl (C=O) groups is 2. The molecule has 0 fully saturated rings. The second-order valence-electron chi connectivity index (χ2n) is 5.85. The molecule has 0 unspecified atom stereocenters. The van der Waals surface area contributed by atoms with E-state index in [4.69, 9.17) is 0 Å². The van der Waals surface area contributed by atoms with Crippen LogP contribution in [0.3, 0.4) is 0 Å². The van der Waals surface area contributed by atoms with Crippen molar-refractivity contribution >= 4 is 40.6 Å². The molecule has 1 aromatic carbocycles. The minimum absolute atomic E-state index is 0.0294. The van der Waals surface area contributed by atoms with E-state index in [1.54, 1.807) is 18.8 Å².